The van der Waals surface area contributed by atoms with E-state index in [0.29, 0.717) is 10.8 Å². The van der Waals surface area contributed by atoms with Gasteiger partial charge < -0.3 is 15.6 Å². The molecule has 0 amide bonds. The summed E-state index contributed by atoms with van der Waals surface area (Å²) < 4.78 is 2.07. The summed E-state index contributed by atoms with van der Waals surface area (Å²) in [6.07, 6.45) is 7.66. The molecule has 2 rings (SSSR count). The molecule has 0 unspecified atom stereocenters. The zero-order valence-electron chi connectivity index (χ0n) is 12.3. The summed E-state index contributed by atoms with van der Waals surface area (Å²) in [6, 6.07) is 0. The van der Waals surface area contributed by atoms with Crippen molar-refractivity contribution in [3.63, 3.8) is 0 Å². The lowest BCUT2D eigenvalue weighted by Gasteiger charge is -2.13. The highest BCUT2D eigenvalue weighted by molar-refractivity contribution is 7.80. The number of aryl methyl sites for hydroxylation is 2. The Morgan fingerprint density at radius 2 is 2.14 bits per heavy atom. The number of hydrogen-bond donors (Lipinski definition) is 2. The highest BCUT2D eigenvalue weighted by Gasteiger charge is 2.12. The van der Waals surface area contributed by atoms with Crippen LogP contribution in [-0.2, 0) is 6.54 Å². The first kappa shape index (κ1) is 15.4. The summed E-state index contributed by atoms with van der Waals surface area (Å²) in [5, 5.41) is 11.6. The van der Waals surface area contributed by atoms with Gasteiger partial charge in [-0.2, -0.15) is 5.10 Å². The molecule has 0 radical (unpaired) electrons. The summed E-state index contributed by atoms with van der Waals surface area (Å²) in [5.74, 6) is 0.674. The molecule has 2 heterocycles. The standard InChI is InChI=1S/C14H20N6S/c1-10-11(2)18-19-14(12(10)13(15)21)17-5-3-4-7-20-8-6-16-9-20/h6,8-9H,3-5,7H2,1-2H3,(H2,15,21)(H,17,19). The smallest absolute Gasteiger partial charge is 0.159 e. The van der Waals surface area contributed by atoms with Crippen LogP contribution < -0.4 is 11.1 Å². The Bertz CT molecular complexity index is 608. The third-order valence-corrected chi connectivity index (χ3v) is 3.60. The number of anilines is 1. The van der Waals surface area contributed by atoms with E-state index in [-0.39, 0.29) is 0 Å². The summed E-state index contributed by atoms with van der Waals surface area (Å²) >= 11 is 5.11. The first-order chi connectivity index (χ1) is 10.1. The highest BCUT2D eigenvalue weighted by atomic mass is 32.1. The molecule has 0 saturated carbocycles. The van der Waals surface area contributed by atoms with Gasteiger partial charge in [0.25, 0.3) is 0 Å². The molecule has 2 aromatic heterocycles. The van der Waals surface area contributed by atoms with E-state index in [1.807, 2.05) is 26.4 Å². The topological polar surface area (TPSA) is 81.7 Å². The van der Waals surface area contributed by atoms with Crippen molar-refractivity contribution < 1.29 is 0 Å². The Morgan fingerprint density at radius 3 is 2.81 bits per heavy atom. The second-order valence-corrected chi connectivity index (χ2v) is 5.37. The zero-order valence-corrected chi connectivity index (χ0v) is 13.2. The minimum absolute atomic E-state index is 0.353. The van der Waals surface area contributed by atoms with E-state index in [1.165, 1.54) is 0 Å². The van der Waals surface area contributed by atoms with E-state index in [9.17, 15) is 0 Å². The van der Waals surface area contributed by atoms with Gasteiger partial charge in [0.15, 0.2) is 5.82 Å². The Morgan fingerprint density at radius 1 is 1.33 bits per heavy atom. The average Bonchev–Trinajstić information content (AvgIpc) is 2.95. The lowest BCUT2D eigenvalue weighted by Crippen LogP contribution is -2.18. The molecule has 0 fully saturated rings. The lowest BCUT2D eigenvalue weighted by atomic mass is 10.1. The maximum atomic E-state index is 5.79. The first-order valence-electron chi connectivity index (χ1n) is 6.93. The molecule has 0 aliphatic carbocycles. The predicted octanol–water partition coefficient (Wildman–Crippen LogP) is 1.82. The number of hydrogen-bond acceptors (Lipinski definition) is 5. The molecule has 3 N–H and O–H groups in total. The van der Waals surface area contributed by atoms with Crippen LogP contribution in [0.5, 0.6) is 0 Å². The van der Waals surface area contributed by atoms with Crippen molar-refractivity contribution >= 4 is 23.0 Å². The maximum absolute atomic E-state index is 5.79. The Labute approximate surface area is 129 Å². The molecule has 0 atom stereocenters. The first-order valence-corrected chi connectivity index (χ1v) is 7.33. The zero-order chi connectivity index (χ0) is 15.2. The van der Waals surface area contributed by atoms with Crippen LogP contribution in [0, 0.1) is 13.8 Å². The largest absolute Gasteiger partial charge is 0.389 e. The SMILES string of the molecule is Cc1nnc(NCCCCn2ccnc2)c(C(N)=S)c1C. The van der Waals surface area contributed by atoms with E-state index in [1.54, 1.807) is 6.20 Å². The third kappa shape index (κ3) is 3.98. The Kier molecular flexibility index (Phi) is 5.21. The molecule has 0 saturated heterocycles. The Hall–Kier alpha value is -2.02. The van der Waals surface area contributed by atoms with Gasteiger partial charge in [-0.05, 0) is 32.3 Å². The van der Waals surface area contributed by atoms with Crippen LogP contribution in [0.1, 0.15) is 29.7 Å². The molecule has 21 heavy (non-hydrogen) atoms. The number of nitrogens with one attached hydrogen (secondary N) is 1. The average molecular weight is 304 g/mol. The number of nitrogens with zero attached hydrogens (tertiary/aromatic N) is 4. The summed E-state index contributed by atoms with van der Waals surface area (Å²) in [7, 11) is 0. The maximum Gasteiger partial charge on any atom is 0.159 e. The normalized spacial score (nSPS) is 10.6. The van der Waals surface area contributed by atoms with E-state index in [2.05, 4.69) is 25.1 Å². The molecular formula is C14H20N6S. The molecule has 2 aromatic rings. The third-order valence-electron chi connectivity index (χ3n) is 3.40. The van der Waals surface area contributed by atoms with Gasteiger partial charge in [0, 0.05) is 25.5 Å². The fourth-order valence-electron chi connectivity index (χ4n) is 2.08. The van der Waals surface area contributed by atoms with Crippen molar-refractivity contribution in [1.29, 1.82) is 0 Å². The van der Waals surface area contributed by atoms with E-state index >= 15 is 0 Å². The van der Waals surface area contributed by atoms with Crippen LogP contribution in [-0.4, -0.2) is 31.3 Å². The van der Waals surface area contributed by atoms with E-state index in [4.69, 9.17) is 18.0 Å². The van der Waals surface area contributed by atoms with Crippen molar-refractivity contribution in [2.24, 2.45) is 5.73 Å². The van der Waals surface area contributed by atoms with Crippen LogP contribution >= 0.6 is 12.2 Å². The van der Waals surface area contributed by atoms with Gasteiger partial charge in [-0.1, -0.05) is 12.2 Å². The van der Waals surface area contributed by atoms with Crippen molar-refractivity contribution in [2.75, 3.05) is 11.9 Å². The van der Waals surface area contributed by atoms with E-state index < -0.39 is 0 Å². The molecule has 0 spiro atoms. The van der Waals surface area contributed by atoms with Gasteiger partial charge in [-0.25, -0.2) is 4.98 Å². The fraction of sp³-hybridized carbons (Fsp3) is 0.429. The number of imidazole rings is 1. The number of nitrogens with two attached hydrogens (primary N) is 1. The van der Waals surface area contributed by atoms with Crippen LogP contribution in [0.15, 0.2) is 18.7 Å². The lowest BCUT2D eigenvalue weighted by molar-refractivity contribution is 0.620. The van der Waals surface area contributed by atoms with Gasteiger partial charge in [0.05, 0.1) is 17.6 Å². The molecule has 112 valence electrons. The second kappa shape index (κ2) is 7.12. The van der Waals surface area contributed by atoms with Crippen molar-refractivity contribution in [1.82, 2.24) is 19.7 Å². The quantitative estimate of drug-likeness (QED) is 0.600. The van der Waals surface area contributed by atoms with E-state index in [0.717, 1.165) is 42.8 Å². The van der Waals surface area contributed by atoms with Gasteiger partial charge >= 0.3 is 0 Å². The minimum Gasteiger partial charge on any atom is -0.389 e. The molecule has 0 aliphatic rings. The van der Waals surface area contributed by atoms with Gasteiger partial charge in [0.2, 0.25) is 0 Å². The molecule has 0 bridgehead atoms. The minimum atomic E-state index is 0.353. The predicted molar refractivity (Wildman–Crippen MR) is 87.3 cm³/mol. The molecule has 6 nitrogen and oxygen atoms in total. The van der Waals surface area contributed by atoms with Crippen LogP contribution in [0.4, 0.5) is 5.82 Å². The molecular weight excluding hydrogens is 284 g/mol. The van der Waals surface area contributed by atoms with Crippen molar-refractivity contribution in [2.45, 2.75) is 33.2 Å². The number of unbranched alkanes of at least 4 members (excludes halogenated alkanes) is 1. The Balaban J connectivity index is 1.88. The monoisotopic (exact) mass is 304 g/mol. The number of thiocarbonyl (C=S) groups is 1. The fourth-order valence-corrected chi connectivity index (χ4v) is 2.33. The molecule has 7 heteroatoms. The van der Waals surface area contributed by atoms with Crippen molar-refractivity contribution in [3.05, 3.63) is 35.5 Å². The van der Waals surface area contributed by atoms with Crippen LogP contribution in [0.3, 0.4) is 0 Å². The molecule has 0 aliphatic heterocycles. The summed E-state index contributed by atoms with van der Waals surface area (Å²) in [4.78, 5) is 4.37. The summed E-state index contributed by atoms with van der Waals surface area (Å²) in [6.45, 7) is 5.63. The van der Waals surface area contributed by atoms with Gasteiger partial charge in [-0.15, -0.1) is 5.10 Å². The summed E-state index contributed by atoms with van der Waals surface area (Å²) in [5.41, 5.74) is 8.43. The second-order valence-electron chi connectivity index (χ2n) is 4.93. The van der Waals surface area contributed by atoms with Crippen LogP contribution in [0.25, 0.3) is 0 Å². The highest BCUT2D eigenvalue weighted by Crippen LogP contribution is 2.18. The van der Waals surface area contributed by atoms with Crippen molar-refractivity contribution in [3.8, 4) is 0 Å². The number of rotatable bonds is 7. The number of aromatic nitrogens is 4. The van der Waals surface area contributed by atoms with Gasteiger partial charge in [0.1, 0.15) is 4.99 Å². The molecule has 0 aromatic carbocycles. The van der Waals surface area contributed by atoms with Gasteiger partial charge in [-0.3, -0.25) is 0 Å². The van der Waals surface area contributed by atoms with Crippen LogP contribution in [0.2, 0.25) is 0 Å².